The molecule has 1 saturated heterocycles. The number of piperidine rings is 1. The smallest absolute Gasteiger partial charge is 0.330 e. The second-order valence-corrected chi connectivity index (χ2v) is 8.12. The molecule has 1 aliphatic rings. The first-order valence-electron chi connectivity index (χ1n) is 11.2. The summed E-state index contributed by atoms with van der Waals surface area (Å²) in [5, 5.41) is 0. The molecule has 3 rings (SSSR count). The predicted octanol–water partition coefficient (Wildman–Crippen LogP) is 1.41. The lowest BCUT2D eigenvalue weighted by Gasteiger charge is -2.37. The van der Waals surface area contributed by atoms with Gasteiger partial charge in [-0.3, -0.25) is 19.1 Å². The molecule has 0 spiro atoms. The van der Waals surface area contributed by atoms with Crippen LogP contribution in [0.2, 0.25) is 0 Å². The maximum absolute atomic E-state index is 13.2. The summed E-state index contributed by atoms with van der Waals surface area (Å²) in [6.07, 6.45) is 3.98. The molecule has 1 aromatic heterocycles. The van der Waals surface area contributed by atoms with Crippen molar-refractivity contribution in [3.05, 3.63) is 56.7 Å². The number of nitrogens with zero attached hydrogens (tertiary/aromatic N) is 3. The molecule has 1 unspecified atom stereocenters. The molecule has 2 aromatic rings. The lowest BCUT2D eigenvalue weighted by atomic mass is 10.00. The van der Waals surface area contributed by atoms with Crippen molar-refractivity contribution in [2.24, 2.45) is 0 Å². The Morgan fingerprint density at radius 3 is 2.69 bits per heavy atom. The number of hydrogen-bond acceptors (Lipinski definition) is 6. The number of benzene rings is 1. The Bertz CT molecular complexity index is 1020. The fourth-order valence-corrected chi connectivity index (χ4v) is 4.28. The van der Waals surface area contributed by atoms with Crippen LogP contribution in [0.25, 0.3) is 0 Å². The average molecular weight is 444 g/mol. The van der Waals surface area contributed by atoms with Crippen molar-refractivity contribution in [2.75, 3.05) is 44.0 Å². The van der Waals surface area contributed by atoms with Gasteiger partial charge in [-0.2, -0.15) is 0 Å². The second-order valence-electron chi connectivity index (χ2n) is 8.12. The van der Waals surface area contributed by atoms with E-state index in [-0.39, 0.29) is 36.5 Å². The number of aromatic amines is 1. The lowest BCUT2D eigenvalue weighted by Crippen LogP contribution is -2.49. The van der Waals surface area contributed by atoms with Crippen molar-refractivity contribution in [3.8, 4) is 0 Å². The molecule has 1 atom stereocenters. The number of ether oxygens (including phenoxy) is 1. The van der Waals surface area contributed by atoms with Crippen LogP contribution in [0.5, 0.6) is 0 Å². The Labute approximate surface area is 187 Å². The third-order valence-electron chi connectivity index (χ3n) is 6.02. The zero-order valence-corrected chi connectivity index (χ0v) is 18.9. The van der Waals surface area contributed by atoms with E-state index in [0.29, 0.717) is 13.2 Å². The molecule has 1 aliphatic heterocycles. The highest BCUT2D eigenvalue weighted by molar-refractivity contribution is 5.83. The van der Waals surface area contributed by atoms with Crippen LogP contribution in [0.3, 0.4) is 0 Å². The molecule has 1 fully saturated rings. The van der Waals surface area contributed by atoms with Crippen LogP contribution in [0.1, 0.15) is 38.2 Å². The molecule has 174 valence electrons. The van der Waals surface area contributed by atoms with Gasteiger partial charge in [-0.25, -0.2) is 4.79 Å². The summed E-state index contributed by atoms with van der Waals surface area (Å²) < 4.78 is 6.53. The van der Waals surface area contributed by atoms with Gasteiger partial charge in [0, 0.05) is 26.2 Å². The molecule has 3 N–H and O–H groups in total. The third kappa shape index (κ3) is 5.40. The maximum atomic E-state index is 13.2. The fraction of sp³-hybridized carbons (Fsp3) is 0.522. The number of H-pyrrole nitrogens is 1. The van der Waals surface area contributed by atoms with E-state index < -0.39 is 11.2 Å². The first-order valence-corrected chi connectivity index (χ1v) is 11.2. The van der Waals surface area contributed by atoms with Crippen molar-refractivity contribution in [2.45, 2.75) is 45.2 Å². The van der Waals surface area contributed by atoms with Crippen molar-refractivity contribution in [1.29, 1.82) is 0 Å². The van der Waals surface area contributed by atoms with E-state index in [1.165, 1.54) is 4.57 Å². The van der Waals surface area contributed by atoms with Gasteiger partial charge in [0.15, 0.2) is 0 Å². The Morgan fingerprint density at radius 1 is 1.25 bits per heavy atom. The number of nitrogen functional groups attached to an aromatic ring is 1. The summed E-state index contributed by atoms with van der Waals surface area (Å²) in [7, 11) is 1.56. The van der Waals surface area contributed by atoms with E-state index in [2.05, 4.69) is 11.9 Å². The minimum atomic E-state index is -0.605. The van der Waals surface area contributed by atoms with Crippen molar-refractivity contribution >= 4 is 17.4 Å². The van der Waals surface area contributed by atoms with E-state index in [1.807, 2.05) is 35.2 Å². The van der Waals surface area contributed by atoms with Gasteiger partial charge in [-0.1, -0.05) is 37.3 Å². The predicted molar refractivity (Wildman–Crippen MR) is 125 cm³/mol. The second kappa shape index (κ2) is 11.0. The van der Waals surface area contributed by atoms with E-state index >= 15 is 0 Å². The van der Waals surface area contributed by atoms with E-state index in [9.17, 15) is 14.4 Å². The number of carbonyl (C=O) groups is 1. The first kappa shape index (κ1) is 23.6. The normalized spacial score (nSPS) is 16.2. The van der Waals surface area contributed by atoms with Crippen LogP contribution < -0.4 is 21.9 Å². The number of nitrogens with one attached hydrogen (secondary N) is 1. The summed E-state index contributed by atoms with van der Waals surface area (Å²) >= 11 is 0. The van der Waals surface area contributed by atoms with Gasteiger partial charge in [0.05, 0.1) is 19.7 Å². The molecule has 1 amide bonds. The summed E-state index contributed by atoms with van der Waals surface area (Å²) in [6.45, 7) is 3.61. The van der Waals surface area contributed by atoms with E-state index in [0.717, 1.165) is 37.8 Å². The van der Waals surface area contributed by atoms with Crippen molar-refractivity contribution in [3.63, 3.8) is 0 Å². The van der Waals surface area contributed by atoms with Gasteiger partial charge >= 0.3 is 5.69 Å². The quantitative estimate of drug-likeness (QED) is 0.606. The summed E-state index contributed by atoms with van der Waals surface area (Å²) in [6, 6.07) is 9.60. The molecule has 0 saturated carbocycles. The number of amides is 1. The SMILES string of the molecule is CCC1CCCCN1C(=O)CN(CCOC)c1c(N)n(Cc2ccccc2)c(=O)[nH]c1=O. The highest BCUT2D eigenvalue weighted by Gasteiger charge is 2.28. The van der Waals surface area contributed by atoms with Gasteiger partial charge in [0.1, 0.15) is 11.5 Å². The fourth-order valence-electron chi connectivity index (χ4n) is 4.28. The zero-order chi connectivity index (χ0) is 23.1. The maximum Gasteiger partial charge on any atom is 0.330 e. The summed E-state index contributed by atoms with van der Waals surface area (Å²) in [5.74, 6) is -0.00976. The molecule has 32 heavy (non-hydrogen) atoms. The number of likely N-dealkylation sites (tertiary alicyclic amines) is 1. The van der Waals surface area contributed by atoms with Gasteiger partial charge in [-0.15, -0.1) is 0 Å². The van der Waals surface area contributed by atoms with E-state index in [1.54, 1.807) is 12.0 Å². The molecule has 9 nitrogen and oxygen atoms in total. The van der Waals surface area contributed by atoms with Crippen molar-refractivity contribution in [1.82, 2.24) is 14.5 Å². The van der Waals surface area contributed by atoms with Gasteiger partial charge in [0.25, 0.3) is 5.56 Å². The topological polar surface area (TPSA) is 114 Å². The minimum absolute atomic E-state index is 0.00329. The monoisotopic (exact) mass is 443 g/mol. The van der Waals surface area contributed by atoms with Crippen LogP contribution in [0.15, 0.2) is 39.9 Å². The number of rotatable bonds is 9. The largest absolute Gasteiger partial charge is 0.383 e. The number of carbonyl (C=O) groups excluding carboxylic acids is 1. The van der Waals surface area contributed by atoms with Crippen LogP contribution in [-0.2, 0) is 16.1 Å². The first-order chi connectivity index (χ1) is 15.5. The molecular weight excluding hydrogens is 410 g/mol. The van der Waals surface area contributed by atoms with Crippen LogP contribution in [-0.4, -0.2) is 59.8 Å². The molecule has 1 aromatic carbocycles. The third-order valence-corrected chi connectivity index (χ3v) is 6.02. The lowest BCUT2D eigenvalue weighted by molar-refractivity contribution is -0.133. The van der Waals surface area contributed by atoms with Gasteiger partial charge in [-0.05, 0) is 31.2 Å². The molecule has 0 aliphatic carbocycles. The number of hydrogen-bond donors (Lipinski definition) is 2. The average Bonchev–Trinajstić information content (AvgIpc) is 2.80. The van der Waals surface area contributed by atoms with Gasteiger partial charge in [0.2, 0.25) is 5.91 Å². The number of methoxy groups -OCH3 is 1. The molecule has 0 radical (unpaired) electrons. The minimum Gasteiger partial charge on any atom is -0.383 e. The Hall–Kier alpha value is -3.07. The summed E-state index contributed by atoms with van der Waals surface area (Å²) in [4.78, 5) is 44.4. The molecule has 2 heterocycles. The Morgan fingerprint density at radius 2 is 2.00 bits per heavy atom. The standard InChI is InChI=1S/C23H33N5O4/c1-3-18-11-7-8-12-27(18)19(29)16-26(13-14-32-2)20-21(24)28(23(31)25-22(20)30)15-17-9-5-4-6-10-17/h4-6,9-10,18H,3,7-8,11-16,24H2,1-2H3,(H,25,30,31). The van der Waals surface area contributed by atoms with Crippen LogP contribution in [0, 0.1) is 0 Å². The van der Waals surface area contributed by atoms with Crippen LogP contribution in [0.4, 0.5) is 11.5 Å². The van der Waals surface area contributed by atoms with Crippen molar-refractivity contribution < 1.29 is 9.53 Å². The number of aromatic nitrogens is 2. The number of nitrogens with two attached hydrogens (primary N) is 1. The van der Waals surface area contributed by atoms with Crippen LogP contribution >= 0.6 is 0 Å². The van der Waals surface area contributed by atoms with E-state index in [4.69, 9.17) is 10.5 Å². The molecule has 9 heteroatoms. The zero-order valence-electron chi connectivity index (χ0n) is 18.9. The Balaban J connectivity index is 1.94. The van der Waals surface area contributed by atoms with Gasteiger partial charge < -0.3 is 20.3 Å². The number of anilines is 2. The molecular formula is C23H33N5O4. The highest BCUT2D eigenvalue weighted by atomic mass is 16.5. The molecule has 0 bridgehead atoms. The summed E-state index contributed by atoms with van der Waals surface area (Å²) in [5.41, 5.74) is 6.15. The Kier molecular flexibility index (Phi) is 8.10. The highest BCUT2D eigenvalue weighted by Crippen LogP contribution is 2.22.